The zero-order valence-corrected chi connectivity index (χ0v) is 18.4. The first-order valence-corrected chi connectivity index (χ1v) is 11.2. The summed E-state index contributed by atoms with van der Waals surface area (Å²) < 4.78 is 11.4. The van der Waals surface area contributed by atoms with Crippen LogP contribution in [0, 0.1) is 12.8 Å². The molecule has 0 N–H and O–H groups in total. The van der Waals surface area contributed by atoms with Gasteiger partial charge in [-0.25, -0.2) is 0 Å². The van der Waals surface area contributed by atoms with E-state index in [-0.39, 0.29) is 17.9 Å². The summed E-state index contributed by atoms with van der Waals surface area (Å²) in [5.41, 5.74) is 4.05. The maximum atomic E-state index is 13.3. The first-order valence-electron chi connectivity index (χ1n) is 11.2. The van der Waals surface area contributed by atoms with Crippen LogP contribution in [0.3, 0.4) is 0 Å². The van der Waals surface area contributed by atoms with Gasteiger partial charge in [0.1, 0.15) is 5.69 Å². The Bertz CT molecular complexity index is 864. The lowest BCUT2D eigenvalue weighted by atomic mass is 10.0. The van der Waals surface area contributed by atoms with E-state index in [1.807, 2.05) is 11.0 Å². The molecule has 4 rings (SSSR count). The number of morpholine rings is 1. The summed E-state index contributed by atoms with van der Waals surface area (Å²) in [5, 5.41) is 4.48. The number of carbonyl (C=O) groups excluding carboxylic acids is 1. The Balaban J connectivity index is 1.71. The zero-order chi connectivity index (χ0) is 21.1. The number of anilines is 1. The first-order chi connectivity index (χ1) is 14.5. The van der Waals surface area contributed by atoms with E-state index in [2.05, 4.69) is 49.0 Å². The van der Waals surface area contributed by atoms with Crippen LogP contribution in [0.1, 0.15) is 50.7 Å². The number of hydrogen-bond acceptors (Lipinski definition) is 5. The topological polar surface area (TPSA) is 58.8 Å². The second-order valence-corrected chi connectivity index (χ2v) is 8.83. The van der Waals surface area contributed by atoms with Crippen LogP contribution in [0.2, 0.25) is 0 Å². The molecule has 1 aliphatic carbocycles. The van der Waals surface area contributed by atoms with Crippen molar-refractivity contribution in [1.82, 2.24) is 10.1 Å². The smallest absolute Gasteiger partial charge is 0.233 e. The van der Waals surface area contributed by atoms with Crippen molar-refractivity contribution in [2.45, 2.75) is 59.0 Å². The van der Waals surface area contributed by atoms with Crippen molar-refractivity contribution >= 4 is 11.8 Å². The highest BCUT2D eigenvalue weighted by Crippen LogP contribution is 2.35. The van der Waals surface area contributed by atoms with Gasteiger partial charge in [-0.15, -0.1) is 0 Å². The molecule has 2 heterocycles. The molecule has 0 spiro atoms. The number of nitrogens with zero attached hydrogens (tertiary/aromatic N) is 3. The van der Waals surface area contributed by atoms with Crippen LogP contribution < -0.4 is 4.90 Å². The maximum Gasteiger partial charge on any atom is 0.233 e. The number of rotatable bonds is 6. The van der Waals surface area contributed by atoms with Gasteiger partial charge in [-0.1, -0.05) is 41.8 Å². The van der Waals surface area contributed by atoms with Crippen molar-refractivity contribution in [2.24, 2.45) is 5.92 Å². The fourth-order valence-electron chi connectivity index (χ4n) is 4.57. The molecule has 2 fully saturated rings. The van der Waals surface area contributed by atoms with Gasteiger partial charge < -0.3 is 19.1 Å². The molecule has 1 aromatic heterocycles. The summed E-state index contributed by atoms with van der Waals surface area (Å²) in [6.45, 7) is 9.69. The van der Waals surface area contributed by atoms with Crippen LogP contribution in [0.4, 0.5) is 5.88 Å². The second-order valence-electron chi connectivity index (χ2n) is 8.83. The van der Waals surface area contributed by atoms with Crippen LogP contribution in [-0.2, 0) is 16.1 Å². The van der Waals surface area contributed by atoms with Crippen molar-refractivity contribution in [3.63, 3.8) is 0 Å². The number of aromatic nitrogens is 1. The fraction of sp³-hybridized carbons (Fsp3) is 0.583. The van der Waals surface area contributed by atoms with E-state index in [9.17, 15) is 4.79 Å². The number of amides is 1. The third-order valence-electron chi connectivity index (χ3n) is 6.30. The Morgan fingerprint density at radius 3 is 2.63 bits per heavy atom. The van der Waals surface area contributed by atoms with E-state index in [0.717, 1.165) is 61.5 Å². The molecule has 1 saturated carbocycles. The van der Waals surface area contributed by atoms with Crippen molar-refractivity contribution in [3.05, 3.63) is 35.4 Å². The van der Waals surface area contributed by atoms with Crippen molar-refractivity contribution < 1.29 is 14.1 Å². The number of carbonyl (C=O) groups is 1. The molecule has 1 aliphatic heterocycles. The summed E-state index contributed by atoms with van der Waals surface area (Å²) in [7, 11) is 0. The third kappa shape index (κ3) is 4.38. The van der Waals surface area contributed by atoms with E-state index in [1.165, 1.54) is 5.56 Å². The van der Waals surface area contributed by atoms with Gasteiger partial charge in [0.15, 0.2) is 0 Å². The molecule has 2 aromatic rings. The molecule has 6 nitrogen and oxygen atoms in total. The normalized spacial score (nSPS) is 17.7. The molecule has 1 saturated heterocycles. The maximum absolute atomic E-state index is 13.3. The minimum atomic E-state index is 0.121. The summed E-state index contributed by atoms with van der Waals surface area (Å²) >= 11 is 0. The largest absolute Gasteiger partial charge is 0.378 e. The zero-order valence-electron chi connectivity index (χ0n) is 18.4. The summed E-state index contributed by atoms with van der Waals surface area (Å²) in [6.07, 6.45) is 4.33. The Morgan fingerprint density at radius 2 is 1.97 bits per heavy atom. The third-order valence-corrected chi connectivity index (χ3v) is 6.30. The van der Waals surface area contributed by atoms with Gasteiger partial charge in [-0.05, 0) is 39.7 Å². The number of hydrogen-bond donors (Lipinski definition) is 0. The molecule has 162 valence electrons. The van der Waals surface area contributed by atoms with Gasteiger partial charge in [0.2, 0.25) is 11.8 Å². The Hall–Kier alpha value is -2.34. The molecule has 2 aliphatic rings. The molecule has 1 amide bonds. The summed E-state index contributed by atoms with van der Waals surface area (Å²) in [6, 6.07) is 8.44. The highest BCUT2D eigenvalue weighted by atomic mass is 16.5. The Kier molecular flexibility index (Phi) is 6.42. The molecular formula is C24H33N3O3. The van der Waals surface area contributed by atoms with Crippen LogP contribution in [0.5, 0.6) is 0 Å². The lowest BCUT2D eigenvalue weighted by Gasteiger charge is -2.31. The van der Waals surface area contributed by atoms with Crippen molar-refractivity contribution in [1.29, 1.82) is 0 Å². The van der Waals surface area contributed by atoms with E-state index in [4.69, 9.17) is 9.26 Å². The van der Waals surface area contributed by atoms with Gasteiger partial charge in [-0.2, -0.15) is 0 Å². The number of ether oxygens (including phenoxy) is 1. The van der Waals surface area contributed by atoms with E-state index in [1.54, 1.807) is 0 Å². The monoisotopic (exact) mass is 411 g/mol. The molecule has 0 radical (unpaired) electrons. The van der Waals surface area contributed by atoms with Gasteiger partial charge in [0.25, 0.3) is 0 Å². The van der Waals surface area contributed by atoms with Crippen molar-refractivity contribution in [3.8, 4) is 11.3 Å². The first kappa shape index (κ1) is 20.9. The predicted molar refractivity (Wildman–Crippen MR) is 117 cm³/mol. The summed E-state index contributed by atoms with van der Waals surface area (Å²) in [5.74, 6) is 1.20. The minimum absolute atomic E-state index is 0.121. The minimum Gasteiger partial charge on any atom is -0.378 e. The van der Waals surface area contributed by atoms with E-state index in [0.29, 0.717) is 19.8 Å². The van der Waals surface area contributed by atoms with Gasteiger partial charge in [0.05, 0.1) is 25.3 Å². The molecule has 1 aromatic carbocycles. The average Bonchev–Trinajstić information content (AvgIpc) is 3.42. The van der Waals surface area contributed by atoms with Crippen LogP contribution in [0.25, 0.3) is 11.3 Å². The van der Waals surface area contributed by atoms with Crippen LogP contribution in [-0.4, -0.2) is 48.3 Å². The van der Waals surface area contributed by atoms with Gasteiger partial charge >= 0.3 is 0 Å². The SMILES string of the molecule is Cc1cccc(-c2noc(N3CCOCC3)c2CN(C(=O)C2CCCC2)C(C)C)c1. The van der Waals surface area contributed by atoms with Gasteiger partial charge in [-0.3, -0.25) is 4.79 Å². The molecule has 6 heteroatoms. The highest BCUT2D eigenvalue weighted by molar-refractivity contribution is 5.80. The standard InChI is InChI=1S/C24H33N3O3/c1-17(2)27(23(28)19-8-4-5-9-19)16-21-22(20-10-6-7-18(3)15-20)25-30-24(21)26-11-13-29-14-12-26/h6-7,10,15,17,19H,4-5,8-9,11-14,16H2,1-3H3. The van der Waals surface area contributed by atoms with Crippen molar-refractivity contribution in [2.75, 3.05) is 31.2 Å². The number of aryl methyl sites for hydroxylation is 1. The van der Waals surface area contributed by atoms with E-state index >= 15 is 0 Å². The fourth-order valence-corrected chi connectivity index (χ4v) is 4.57. The van der Waals surface area contributed by atoms with Gasteiger partial charge in [0, 0.05) is 30.6 Å². The lowest BCUT2D eigenvalue weighted by molar-refractivity contribution is -0.137. The second kappa shape index (κ2) is 9.21. The summed E-state index contributed by atoms with van der Waals surface area (Å²) in [4.78, 5) is 17.6. The Morgan fingerprint density at radius 1 is 1.23 bits per heavy atom. The Labute approximate surface area is 179 Å². The molecule has 0 atom stereocenters. The molecule has 30 heavy (non-hydrogen) atoms. The predicted octanol–water partition coefficient (Wildman–Crippen LogP) is 4.41. The number of benzene rings is 1. The van der Waals surface area contributed by atoms with E-state index < -0.39 is 0 Å². The van der Waals surface area contributed by atoms with Crippen LogP contribution in [0.15, 0.2) is 28.8 Å². The lowest BCUT2D eigenvalue weighted by Crippen LogP contribution is -2.41. The quantitative estimate of drug-likeness (QED) is 0.704. The van der Waals surface area contributed by atoms with Crippen LogP contribution >= 0.6 is 0 Å². The highest BCUT2D eigenvalue weighted by Gasteiger charge is 2.32. The molecule has 0 bridgehead atoms. The molecule has 0 unspecified atom stereocenters. The average molecular weight is 412 g/mol. The molecular weight excluding hydrogens is 378 g/mol.